The van der Waals surface area contributed by atoms with E-state index in [1.165, 1.54) is 11.6 Å². The van der Waals surface area contributed by atoms with E-state index in [1.54, 1.807) is 0 Å². The number of amides is 1. The van der Waals surface area contributed by atoms with Crippen molar-refractivity contribution in [3.63, 3.8) is 0 Å². The zero-order chi connectivity index (χ0) is 16.2. The molecule has 0 heterocycles. The summed E-state index contributed by atoms with van der Waals surface area (Å²) in [5.41, 5.74) is -0.896. The summed E-state index contributed by atoms with van der Waals surface area (Å²) in [4.78, 5) is 22.2. The molecule has 1 aromatic carbocycles. The van der Waals surface area contributed by atoms with E-state index in [-0.39, 0.29) is 16.7 Å². The van der Waals surface area contributed by atoms with Gasteiger partial charge in [-0.05, 0) is 19.1 Å². The Hall–Kier alpha value is -1.71. The van der Waals surface area contributed by atoms with E-state index in [0.717, 1.165) is 12.1 Å². The summed E-state index contributed by atoms with van der Waals surface area (Å²) in [6.07, 6.45) is -1.22. The summed E-state index contributed by atoms with van der Waals surface area (Å²) >= 11 is 11.4. The van der Waals surface area contributed by atoms with Crippen LogP contribution in [0.3, 0.4) is 0 Å². The predicted octanol–water partition coefficient (Wildman–Crippen LogP) is 2.09. The van der Waals surface area contributed by atoms with E-state index < -0.39 is 33.5 Å². The maximum Gasteiger partial charge on any atom is 0.422 e. The normalized spacial score (nSPS) is 10.8. The third kappa shape index (κ3) is 4.96. The number of hydrogen-bond donors (Lipinski definition) is 3. The summed E-state index contributed by atoms with van der Waals surface area (Å²) < 4.78 is 31.2. The van der Waals surface area contributed by atoms with Crippen LogP contribution in [0.1, 0.15) is 17.3 Å². The van der Waals surface area contributed by atoms with Gasteiger partial charge in [-0.3, -0.25) is 4.72 Å². The fraction of sp³-hybridized carbons (Fsp3) is 0.200. The van der Waals surface area contributed by atoms with Gasteiger partial charge < -0.3 is 9.84 Å². The average Bonchev–Trinajstić information content (AvgIpc) is 2.31. The van der Waals surface area contributed by atoms with Crippen LogP contribution in [0.4, 0.5) is 10.5 Å². The summed E-state index contributed by atoms with van der Waals surface area (Å²) in [7, 11) is -4.41. The van der Waals surface area contributed by atoms with Gasteiger partial charge in [-0.15, -0.1) is 0 Å². The lowest BCUT2D eigenvalue weighted by Gasteiger charge is -2.13. The number of carboxylic acids is 1. The fourth-order valence-corrected chi connectivity index (χ4v) is 2.69. The number of ether oxygens (including phenoxy) is 1. The molecule has 8 nitrogen and oxygen atoms in total. The van der Waals surface area contributed by atoms with E-state index in [0.29, 0.717) is 0 Å². The molecule has 0 atom stereocenters. The number of benzene rings is 1. The van der Waals surface area contributed by atoms with Crippen molar-refractivity contribution >= 4 is 51.2 Å². The van der Waals surface area contributed by atoms with Gasteiger partial charge in [-0.25, -0.2) is 14.3 Å². The summed E-state index contributed by atoms with van der Waals surface area (Å²) in [6.45, 7) is 1.45. The van der Waals surface area contributed by atoms with Gasteiger partial charge in [0.1, 0.15) is 0 Å². The number of carboxylic acid groups (broad SMARTS) is 1. The first-order valence-electron chi connectivity index (χ1n) is 5.36. The molecule has 0 aliphatic carbocycles. The highest BCUT2D eigenvalue weighted by atomic mass is 35.5. The molecule has 0 bridgehead atoms. The Morgan fingerprint density at radius 2 is 1.95 bits per heavy atom. The number of nitrogens with one attached hydrogen (secondary N) is 2. The van der Waals surface area contributed by atoms with Crippen molar-refractivity contribution in [3.05, 3.63) is 27.7 Å². The quantitative estimate of drug-likeness (QED) is 0.742. The van der Waals surface area contributed by atoms with Crippen molar-refractivity contribution in [2.75, 3.05) is 11.3 Å². The Balaban J connectivity index is 3.13. The summed E-state index contributed by atoms with van der Waals surface area (Å²) in [5.74, 6) is -1.45. The number of carbonyl (C=O) groups excluding carboxylic acids is 1. The van der Waals surface area contributed by atoms with Crippen LogP contribution in [0.2, 0.25) is 10.0 Å². The van der Waals surface area contributed by atoms with Crippen molar-refractivity contribution in [2.45, 2.75) is 6.92 Å². The SMILES string of the molecule is CCOC(=O)NS(=O)(=O)Nc1c(Cl)cc(Cl)cc1C(=O)O. The van der Waals surface area contributed by atoms with E-state index in [1.807, 2.05) is 4.72 Å². The highest BCUT2D eigenvalue weighted by Gasteiger charge is 2.22. The minimum absolute atomic E-state index is 0.0127. The van der Waals surface area contributed by atoms with Gasteiger partial charge >= 0.3 is 22.3 Å². The average molecular weight is 357 g/mol. The van der Waals surface area contributed by atoms with E-state index in [2.05, 4.69) is 4.74 Å². The van der Waals surface area contributed by atoms with E-state index in [4.69, 9.17) is 28.3 Å². The number of hydrogen-bond acceptors (Lipinski definition) is 5. The van der Waals surface area contributed by atoms with Crippen LogP contribution in [0.5, 0.6) is 0 Å². The number of anilines is 1. The molecule has 0 saturated carbocycles. The number of aromatic carboxylic acids is 1. The molecule has 3 N–H and O–H groups in total. The van der Waals surface area contributed by atoms with Gasteiger partial charge in [0.2, 0.25) is 0 Å². The van der Waals surface area contributed by atoms with Crippen molar-refractivity contribution in [2.24, 2.45) is 0 Å². The Bertz CT molecular complexity index is 676. The van der Waals surface area contributed by atoms with Gasteiger partial charge in [0.05, 0.1) is 22.9 Å². The molecule has 116 valence electrons. The largest absolute Gasteiger partial charge is 0.478 e. The maximum atomic E-state index is 11.7. The van der Waals surface area contributed by atoms with Crippen LogP contribution >= 0.6 is 23.2 Å². The van der Waals surface area contributed by atoms with Gasteiger partial charge in [0.15, 0.2) is 0 Å². The monoisotopic (exact) mass is 356 g/mol. The topological polar surface area (TPSA) is 122 Å². The molecule has 0 spiro atoms. The molecule has 0 saturated heterocycles. The standard InChI is InChI=1S/C10H10Cl2N2O6S/c1-2-20-10(17)14-21(18,19)13-8-6(9(15)16)3-5(11)4-7(8)12/h3-4,13H,2H2,1H3,(H,14,17)(H,15,16). The molecule has 21 heavy (non-hydrogen) atoms. The molecule has 0 fully saturated rings. The van der Waals surface area contributed by atoms with Crippen molar-refractivity contribution in [1.29, 1.82) is 0 Å². The molecule has 0 aromatic heterocycles. The summed E-state index contributed by atoms with van der Waals surface area (Å²) in [5, 5.41) is 8.78. The molecule has 1 amide bonds. The highest BCUT2D eigenvalue weighted by Crippen LogP contribution is 2.30. The molecule has 0 radical (unpaired) electrons. The van der Waals surface area contributed by atoms with Crippen LogP contribution in [0.25, 0.3) is 0 Å². The Kier molecular flexibility index (Phi) is 5.64. The van der Waals surface area contributed by atoms with Crippen molar-refractivity contribution in [1.82, 2.24) is 4.72 Å². The van der Waals surface area contributed by atoms with Crippen LogP contribution in [0, 0.1) is 0 Å². The van der Waals surface area contributed by atoms with Gasteiger partial charge in [-0.1, -0.05) is 23.2 Å². The fourth-order valence-electron chi connectivity index (χ4n) is 1.28. The minimum Gasteiger partial charge on any atom is -0.478 e. The third-order valence-electron chi connectivity index (χ3n) is 2.01. The lowest BCUT2D eigenvalue weighted by Crippen LogP contribution is -2.36. The van der Waals surface area contributed by atoms with Crippen LogP contribution in [-0.4, -0.2) is 32.2 Å². The zero-order valence-corrected chi connectivity index (χ0v) is 12.8. The zero-order valence-electron chi connectivity index (χ0n) is 10.5. The summed E-state index contributed by atoms with van der Waals surface area (Å²) in [6, 6.07) is 2.16. The second-order valence-corrected chi connectivity index (χ2v) is 5.80. The van der Waals surface area contributed by atoms with Gasteiger partial charge in [-0.2, -0.15) is 8.42 Å². The van der Waals surface area contributed by atoms with Gasteiger partial charge in [0, 0.05) is 5.02 Å². The number of halogens is 2. The van der Waals surface area contributed by atoms with E-state index >= 15 is 0 Å². The molecular weight excluding hydrogens is 347 g/mol. The number of rotatable bonds is 5. The van der Waals surface area contributed by atoms with Crippen molar-refractivity contribution in [3.8, 4) is 0 Å². The van der Waals surface area contributed by atoms with Gasteiger partial charge in [0.25, 0.3) is 0 Å². The lowest BCUT2D eigenvalue weighted by molar-refractivity contribution is 0.0698. The third-order valence-corrected chi connectivity index (χ3v) is 3.44. The number of carbonyl (C=O) groups is 2. The molecule has 1 rings (SSSR count). The highest BCUT2D eigenvalue weighted by molar-refractivity contribution is 7.91. The first-order chi connectivity index (χ1) is 9.66. The van der Waals surface area contributed by atoms with Crippen molar-refractivity contribution < 1.29 is 27.9 Å². The predicted molar refractivity (Wildman–Crippen MR) is 76.1 cm³/mol. The molecule has 0 unspecified atom stereocenters. The first-order valence-corrected chi connectivity index (χ1v) is 7.60. The smallest absolute Gasteiger partial charge is 0.422 e. The minimum atomic E-state index is -4.41. The lowest BCUT2D eigenvalue weighted by atomic mass is 10.2. The molecule has 1 aromatic rings. The maximum absolute atomic E-state index is 11.7. The first kappa shape index (κ1) is 17.3. The second-order valence-electron chi connectivity index (χ2n) is 3.54. The second kappa shape index (κ2) is 6.83. The Morgan fingerprint density at radius 3 is 2.48 bits per heavy atom. The van der Waals surface area contributed by atoms with Crippen LogP contribution in [-0.2, 0) is 14.9 Å². The van der Waals surface area contributed by atoms with E-state index in [9.17, 15) is 18.0 Å². The van der Waals surface area contributed by atoms with Crippen LogP contribution < -0.4 is 9.44 Å². The molecule has 0 aliphatic heterocycles. The molecular formula is C10H10Cl2N2O6S. The van der Waals surface area contributed by atoms with Crippen LogP contribution in [0.15, 0.2) is 12.1 Å². The molecule has 11 heteroatoms. The molecule has 0 aliphatic rings. The Morgan fingerprint density at radius 1 is 1.33 bits per heavy atom. The Labute approximate surface area is 130 Å².